The van der Waals surface area contributed by atoms with E-state index in [9.17, 15) is 0 Å². The monoisotopic (exact) mass is 248 g/mol. The van der Waals surface area contributed by atoms with Gasteiger partial charge in [0.15, 0.2) is 0 Å². The van der Waals surface area contributed by atoms with Gasteiger partial charge in [-0.2, -0.15) is 0 Å². The van der Waals surface area contributed by atoms with Gasteiger partial charge in [-0.15, -0.1) is 0 Å². The van der Waals surface area contributed by atoms with Crippen LogP contribution in [0.15, 0.2) is 67.0 Å². The Kier molecular flexibility index (Phi) is 2.92. The topological polar surface area (TPSA) is 17.3 Å². The summed E-state index contributed by atoms with van der Waals surface area (Å²) in [5, 5.41) is 0. The summed E-state index contributed by atoms with van der Waals surface area (Å²) < 4.78 is 2.08. The van der Waals surface area contributed by atoms with Crippen LogP contribution in [0.5, 0.6) is 0 Å². The van der Waals surface area contributed by atoms with E-state index in [2.05, 4.69) is 52.6 Å². The molecule has 0 N–H and O–H groups in total. The zero-order valence-electron chi connectivity index (χ0n) is 11.0. The largest absolute Gasteiger partial charge is 0.306 e. The minimum absolute atomic E-state index is 0.911. The highest BCUT2D eigenvalue weighted by Crippen LogP contribution is 2.19. The van der Waals surface area contributed by atoms with Gasteiger partial charge in [0, 0.05) is 18.0 Å². The third-order valence-electron chi connectivity index (χ3n) is 3.09. The van der Waals surface area contributed by atoms with Crippen molar-refractivity contribution in [2.45, 2.75) is 13.3 Å². The van der Waals surface area contributed by atoms with Crippen molar-refractivity contribution in [3.05, 3.63) is 72.6 Å². The normalized spacial score (nSPS) is 10.8. The first-order valence-electron chi connectivity index (χ1n) is 6.40. The number of imidazole rings is 1. The molecule has 0 bridgehead atoms. The standard InChI is InChI=1S/C17H16N2/c1-13(2)10-14-8-9-17-18-16(12-19(17)11-14)15-6-4-3-5-7-15/h3-9,11-12H,1,10H2,2H3. The Morgan fingerprint density at radius 2 is 1.89 bits per heavy atom. The summed E-state index contributed by atoms with van der Waals surface area (Å²) in [7, 11) is 0. The third kappa shape index (κ3) is 2.43. The first-order valence-corrected chi connectivity index (χ1v) is 6.40. The summed E-state index contributed by atoms with van der Waals surface area (Å²) in [5.41, 5.74) is 5.56. The minimum atomic E-state index is 0.911. The molecule has 0 fully saturated rings. The molecule has 0 saturated heterocycles. The maximum atomic E-state index is 4.64. The van der Waals surface area contributed by atoms with Gasteiger partial charge in [0.05, 0.1) is 5.69 Å². The van der Waals surface area contributed by atoms with E-state index in [1.807, 2.05) is 25.1 Å². The first-order chi connectivity index (χ1) is 9.22. The summed E-state index contributed by atoms with van der Waals surface area (Å²) in [5.74, 6) is 0. The molecule has 2 nitrogen and oxygen atoms in total. The van der Waals surface area contributed by atoms with Gasteiger partial charge in [-0.3, -0.25) is 0 Å². The van der Waals surface area contributed by atoms with Crippen molar-refractivity contribution in [1.29, 1.82) is 0 Å². The lowest BCUT2D eigenvalue weighted by atomic mass is 10.1. The van der Waals surface area contributed by atoms with Gasteiger partial charge < -0.3 is 4.40 Å². The van der Waals surface area contributed by atoms with E-state index in [0.29, 0.717) is 0 Å². The number of hydrogen-bond donors (Lipinski definition) is 0. The minimum Gasteiger partial charge on any atom is -0.306 e. The van der Waals surface area contributed by atoms with E-state index in [4.69, 9.17) is 0 Å². The Bertz CT molecular complexity index is 723. The molecule has 0 aliphatic rings. The van der Waals surface area contributed by atoms with Gasteiger partial charge >= 0.3 is 0 Å². The van der Waals surface area contributed by atoms with Gasteiger partial charge in [-0.05, 0) is 25.0 Å². The predicted octanol–water partition coefficient (Wildman–Crippen LogP) is 4.12. The van der Waals surface area contributed by atoms with E-state index < -0.39 is 0 Å². The average molecular weight is 248 g/mol. The smallest absolute Gasteiger partial charge is 0.137 e. The second-order valence-corrected chi connectivity index (χ2v) is 4.93. The van der Waals surface area contributed by atoms with Crippen LogP contribution in [0.25, 0.3) is 16.9 Å². The Hall–Kier alpha value is -2.35. The van der Waals surface area contributed by atoms with E-state index in [-0.39, 0.29) is 0 Å². The van der Waals surface area contributed by atoms with Crippen LogP contribution in [0.4, 0.5) is 0 Å². The molecule has 0 radical (unpaired) electrons. The van der Waals surface area contributed by atoms with E-state index in [1.54, 1.807) is 0 Å². The predicted molar refractivity (Wildman–Crippen MR) is 79.1 cm³/mol. The SMILES string of the molecule is C=C(C)Cc1ccc2nc(-c3ccccc3)cn2c1. The highest BCUT2D eigenvalue weighted by atomic mass is 15.0. The van der Waals surface area contributed by atoms with Crippen LogP contribution in [0.2, 0.25) is 0 Å². The Labute approximate surface area is 113 Å². The van der Waals surface area contributed by atoms with Crippen LogP contribution < -0.4 is 0 Å². The molecule has 0 aliphatic heterocycles. The number of benzene rings is 1. The molecule has 2 heterocycles. The molecule has 0 spiro atoms. The lowest BCUT2D eigenvalue weighted by molar-refractivity contribution is 1.08. The molecule has 0 aliphatic carbocycles. The molecule has 0 unspecified atom stereocenters. The molecule has 2 aromatic heterocycles. The summed E-state index contributed by atoms with van der Waals surface area (Å²) in [6, 6.07) is 14.4. The molecule has 3 aromatic rings. The number of allylic oxidation sites excluding steroid dienone is 1. The number of fused-ring (bicyclic) bond motifs is 1. The van der Waals surface area contributed by atoms with Crippen LogP contribution >= 0.6 is 0 Å². The molecule has 0 amide bonds. The quantitative estimate of drug-likeness (QED) is 0.637. The lowest BCUT2D eigenvalue weighted by Gasteiger charge is -2.01. The number of nitrogens with zero attached hydrogens (tertiary/aromatic N) is 2. The third-order valence-corrected chi connectivity index (χ3v) is 3.09. The van der Waals surface area contributed by atoms with Crippen molar-refractivity contribution in [2.75, 3.05) is 0 Å². The fourth-order valence-electron chi connectivity index (χ4n) is 2.24. The van der Waals surface area contributed by atoms with Crippen LogP contribution in [0.3, 0.4) is 0 Å². The number of rotatable bonds is 3. The summed E-state index contributed by atoms with van der Waals surface area (Å²) in [6.07, 6.45) is 5.12. The molecular weight excluding hydrogens is 232 g/mol. The Balaban J connectivity index is 2.04. The first kappa shape index (κ1) is 11.7. The molecule has 0 atom stereocenters. The average Bonchev–Trinajstić information content (AvgIpc) is 2.82. The molecule has 19 heavy (non-hydrogen) atoms. The second kappa shape index (κ2) is 4.73. The molecule has 1 aromatic carbocycles. The summed E-state index contributed by atoms with van der Waals surface area (Å²) in [6.45, 7) is 6.01. The molecular formula is C17H16N2. The Morgan fingerprint density at radius 1 is 1.11 bits per heavy atom. The van der Waals surface area contributed by atoms with Crippen LogP contribution in [-0.2, 0) is 6.42 Å². The highest BCUT2D eigenvalue weighted by Gasteiger charge is 2.04. The summed E-state index contributed by atoms with van der Waals surface area (Å²) in [4.78, 5) is 4.64. The van der Waals surface area contributed by atoms with Gasteiger partial charge in [0.2, 0.25) is 0 Å². The van der Waals surface area contributed by atoms with Gasteiger partial charge in [0.25, 0.3) is 0 Å². The van der Waals surface area contributed by atoms with Crippen LogP contribution in [0, 0.1) is 0 Å². The summed E-state index contributed by atoms with van der Waals surface area (Å²) >= 11 is 0. The van der Waals surface area contributed by atoms with E-state index in [0.717, 1.165) is 23.3 Å². The van der Waals surface area contributed by atoms with Crippen molar-refractivity contribution >= 4 is 5.65 Å². The van der Waals surface area contributed by atoms with Crippen molar-refractivity contribution in [1.82, 2.24) is 9.38 Å². The molecule has 3 rings (SSSR count). The van der Waals surface area contributed by atoms with Crippen LogP contribution in [0.1, 0.15) is 12.5 Å². The second-order valence-electron chi connectivity index (χ2n) is 4.93. The maximum Gasteiger partial charge on any atom is 0.137 e. The Morgan fingerprint density at radius 3 is 2.63 bits per heavy atom. The highest BCUT2D eigenvalue weighted by molar-refractivity contribution is 5.62. The van der Waals surface area contributed by atoms with Gasteiger partial charge in [-0.1, -0.05) is 48.6 Å². The van der Waals surface area contributed by atoms with Crippen molar-refractivity contribution in [3.63, 3.8) is 0 Å². The molecule has 0 saturated carbocycles. The zero-order chi connectivity index (χ0) is 13.2. The van der Waals surface area contributed by atoms with Crippen molar-refractivity contribution < 1.29 is 0 Å². The van der Waals surface area contributed by atoms with Crippen molar-refractivity contribution in [2.24, 2.45) is 0 Å². The molecule has 2 heteroatoms. The van der Waals surface area contributed by atoms with Crippen LogP contribution in [-0.4, -0.2) is 9.38 Å². The number of hydrogen-bond acceptors (Lipinski definition) is 1. The maximum absolute atomic E-state index is 4.64. The lowest BCUT2D eigenvalue weighted by Crippen LogP contribution is -1.90. The fraction of sp³-hybridized carbons (Fsp3) is 0.118. The van der Waals surface area contributed by atoms with Gasteiger partial charge in [0.1, 0.15) is 5.65 Å². The molecule has 94 valence electrons. The zero-order valence-corrected chi connectivity index (χ0v) is 11.0. The number of pyridine rings is 1. The van der Waals surface area contributed by atoms with E-state index in [1.165, 1.54) is 11.1 Å². The van der Waals surface area contributed by atoms with Gasteiger partial charge in [-0.25, -0.2) is 4.98 Å². The number of aromatic nitrogens is 2. The fourth-order valence-corrected chi connectivity index (χ4v) is 2.24. The van der Waals surface area contributed by atoms with E-state index >= 15 is 0 Å². The van der Waals surface area contributed by atoms with Crippen molar-refractivity contribution in [3.8, 4) is 11.3 Å².